The molecule has 2 aromatic heterocycles. The molecule has 1 aliphatic rings. The van der Waals surface area contributed by atoms with Crippen molar-refractivity contribution in [1.29, 1.82) is 0 Å². The number of hydrogen-bond donors (Lipinski definition) is 1. The van der Waals surface area contributed by atoms with Crippen LogP contribution in [-0.4, -0.2) is 48.4 Å². The minimum atomic E-state index is -0.333. The number of amides is 1. The van der Waals surface area contributed by atoms with Gasteiger partial charge >= 0.3 is 0 Å². The lowest BCUT2D eigenvalue weighted by Gasteiger charge is -2.10. The van der Waals surface area contributed by atoms with Crippen LogP contribution in [-0.2, 0) is 16.0 Å². The third kappa shape index (κ3) is 3.74. The second-order valence-electron chi connectivity index (χ2n) is 6.15. The molecule has 1 aliphatic heterocycles. The lowest BCUT2D eigenvalue weighted by molar-refractivity contribution is 0.0857. The van der Waals surface area contributed by atoms with E-state index in [2.05, 4.69) is 10.3 Å². The van der Waals surface area contributed by atoms with E-state index in [1.165, 1.54) is 10.9 Å². The Balaban J connectivity index is 1.85. The Morgan fingerprint density at radius 1 is 1.52 bits per heavy atom. The van der Waals surface area contributed by atoms with E-state index in [1.807, 2.05) is 0 Å². The second-order valence-corrected chi connectivity index (χ2v) is 6.15. The van der Waals surface area contributed by atoms with Gasteiger partial charge in [-0.3, -0.25) is 14.2 Å². The minimum absolute atomic E-state index is 0.0336. The van der Waals surface area contributed by atoms with E-state index in [1.54, 1.807) is 14.0 Å². The SMILES string of the molecule is COCCCn1cnc2oc(C)c(C(=O)NCC3CCCO3)c2c1=O. The summed E-state index contributed by atoms with van der Waals surface area (Å²) < 4.78 is 17.5. The summed E-state index contributed by atoms with van der Waals surface area (Å²) in [5, 5.41) is 3.06. The molecule has 2 aromatic rings. The number of aromatic nitrogens is 2. The van der Waals surface area contributed by atoms with Crippen molar-refractivity contribution in [2.75, 3.05) is 26.9 Å². The van der Waals surface area contributed by atoms with Gasteiger partial charge in [-0.15, -0.1) is 0 Å². The van der Waals surface area contributed by atoms with Crippen LogP contribution in [0.1, 0.15) is 35.4 Å². The van der Waals surface area contributed by atoms with E-state index in [4.69, 9.17) is 13.9 Å². The molecule has 136 valence electrons. The van der Waals surface area contributed by atoms with E-state index in [0.717, 1.165) is 19.4 Å². The Morgan fingerprint density at radius 3 is 3.08 bits per heavy atom. The van der Waals surface area contributed by atoms with Crippen molar-refractivity contribution in [3.63, 3.8) is 0 Å². The largest absolute Gasteiger partial charge is 0.442 e. The highest BCUT2D eigenvalue weighted by Crippen LogP contribution is 2.21. The molecule has 0 bridgehead atoms. The molecule has 8 heteroatoms. The highest BCUT2D eigenvalue weighted by Gasteiger charge is 2.24. The van der Waals surface area contributed by atoms with Crippen LogP contribution < -0.4 is 10.9 Å². The third-order valence-corrected chi connectivity index (χ3v) is 4.34. The van der Waals surface area contributed by atoms with Crippen molar-refractivity contribution in [1.82, 2.24) is 14.9 Å². The summed E-state index contributed by atoms with van der Waals surface area (Å²) in [5.74, 6) is 0.0550. The molecule has 8 nitrogen and oxygen atoms in total. The van der Waals surface area contributed by atoms with Gasteiger partial charge in [0.2, 0.25) is 5.71 Å². The molecule has 1 N–H and O–H groups in total. The molecule has 1 amide bonds. The quantitative estimate of drug-likeness (QED) is 0.756. The summed E-state index contributed by atoms with van der Waals surface area (Å²) >= 11 is 0. The maximum atomic E-state index is 12.7. The van der Waals surface area contributed by atoms with Gasteiger partial charge in [-0.05, 0) is 26.2 Å². The van der Waals surface area contributed by atoms with Crippen LogP contribution in [0.3, 0.4) is 0 Å². The van der Waals surface area contributed by atoms with Crippen LogP contribution in [0.5, 0.6) is 0 Å². The van der Waals surface area contributed by atoms with E-state index in [0.29, 0.717) is 31.9 Å². The summed E-state index contributed by atoms with van der Waals surface area (Å²) in [4.78, 5) is 29.5. The zero-order chi connectivity index (χ0) is 17.8. The summed E-state index contributed by atoms with van der Waals surface area (Å²) in [5.41, 5.74) is 0.166. The van der Waals surface area contributed by atoms with E-state index in [-0.39, 0.29) is 34.2 Å². The van der Waals surface area contributed by atoms with Gasteiger partial charge in [0.05, 0.1) is 11.7 Å². The van der Waals surface area contributed by atoms with Gasteiger partial charge in [0.25, 0.3) is 11.5 Å². The fraction of sp³-hybridized carbons (Fsp3) is 0.588. The fourth-order valence-electron chi connectivity index (χ4n) is 3.05. The van der Waals surface area contributed by atoms with E-state index < -0.39 is 0 Å². The smallest absolute Gasteiger partial charge is 0.265 e. The predicted octanol–water partition coefficient (Wildman–Crippen LogP) is 1.24. The molecule has 1 saturated heterocycles. The minimum Gasteiger partial charge on any atom is -0.442 e. The van der Waals surface area contributed by atoms with Crippen molar-refractivity contribution < 1.29 is 18.7 Å². The Morgan fingerprint density at radius 2 is 2.36 bits per heavy atom. The highest BCUT2D eigenvalue weighted by atomic mass is 16.5. The zero-order valence-electron chi connectivity index (χ0n) is 14.5. The van der Waals surface area contributed by atoms with Crippen molar-refractivity contribution in [2.24, 2.45) is 0 Å². The number of methoxy groups -OCH3 is 1. The number of rotatable bonds is 7. The average molecular weight is 349 g/mol. The van der Waals surface area contributed by atoms with Crippen molar-refractivity contribution in [3.05, 3.63) is 28.0 Å². The number of hydrogen-bond acceptors (Lipinski definition) is 6. The first-order valence-corrected chi connectivity index (χ1v) is 8.49. The number of carbonyl (C=O) groups is 1. The predicted molar refractivity (Wildman–Crippen MR) is 90.8 cm³/mol. The summed E-state index contributed by atoms with van der Waals surface area (Å²) in [6.45, 7) is 3.83. The average Bonchev–Trinajstić information content (AvgIpc) is 3.22. The number of carbonyl (C=O) groups excluding carboxylic acids is 1. The molecule has 1 fully saturated rings. The lowest BCUT2D eigenvalue weighted by atomic mass is 10.1. The molecule has 1 unspecified atom stereocenters. The summed E-state index contributed by atoms with van der Waals surface area (Å²) in [7, 11) is 1.61. The van der Waals surface area contributed by atoms with Gasteiger partial charge in [-0.25, -0.2) is 4.98 Å². The van der Waals surface area contributed by atoms with Gasteiger partial charge in [-0.2, -0.15) is 0 Å². The molecule has 1 atom stereocenters. The second kappa shape index (κ2) is 7.79. The van der Waals surface area contributed by atoms with Crippen LogP contribution >= 0.6 is 0 Å². The Bertz CT molecular complexity index is 804. The Labute approximate surface area is 145 Å². The normalized spacial score (nSPS) is 17.3. The topological polar surface area (TPSA) is 95.6 Å². The van der Waals surface area contributed by atoms with Gasteiger partial charge in [0, 0.05) is 33.4 Å². The lowest BCUT2D eigenvalue weighted by Crippen LogP contribution is -2.33. The van der Waals surface area contributed by atoms with Crippen LogP contribution in [0.25, 0.3) is 11.1 Å². The molecule has 0 radical (unpaired) electrons. The molecule has 3 rings (SSSR count). The number of nitrogens with zero attached hydrogens (tertiary/aromatic N) is 2. The molecule has 25 heavy (non-hydrogen) atoms. The standard InChI is InChI=1S/C17H23N3O5/c1-11-13(15(21)18-9-12-5-3-8-24-12)14-16(25-11)19-10-20(17(14)22)6-4-7-23-2/h10,12H,3-9H2,1-2H3,(H,18,21). The molecular formula is C17H23N3O5. The third-order valence-electron chi connectivity index (χ3n) is 4.34. The zero-order valence-corrected chi connectivity index (χ0v) is 14.5. The number of nitrogens with one attached hydrogen (secondary N) is 1. The van der Waals surface area contributed by atoms with Crippen LogP contribution in [0.4, 0.5) is 0 Å². The number of fused-ring (bicyclic) bond motifs is 1. The van der Waals surface area contributed by atoms with Crippen molar-refractivity contribution in [3.8, 4) is 0 Å². The molecule has 0 aliphatic carbocycles. The first-order chi connectivity index (χ1) is 12.1. The maximum Gasteiger partial charge on any atom is 0.265 e. The molecule has 0 saturated carbocycles. The van der Waals surface area contributed by atoms with Gasteiger partial charge in [-0.1, -0.05) is 0 Å². The summed E-state index contributed by atoms with van der Waals surface area (Å²) in [6, 6.07) is 0. The van der Waals surface area contributed by atoms with Crippen molar-refractivity contribution in [2.45, 2.75) is 38.8 Å². The Kier molecular flexibility index (Phi) is 5.50. The molecule has 0 aromatic carbocycles. The number of aryl methyl sites for hydroxylation is 2. The summed E-state index contributed by atoms with van der Waals surface area (Å²) in [6.07, 6.45) is 4.09. The first kappa shape index (κ1) is 17.6. The fourth-order valence-corrected chi connectivity index (χ4v) is 3.05. The van der Waals surface area contributed by atoms with Crippen LogP contribution in [0, 0.1) is 6.92 Å². The van der Waals surface area contributed by atoms with E-state index >= 15 is 0 Å². The number of ether oxygens (including phenoxy) is 2. The van der Waals surface area contributed by atoms with Gasteiger partial charge < -0.3 is 19.2 Å². The van der Waals surface area contributed by atoms with Gasteiger partial charge in [0.15, 0.2) is 0 Å². The van der Waals surface area contributed by atoms with Crippen LogP contribution in [0.15, 0.2) is 15.5 Å². The van der Waals surface area contributed by atoms with Crippen molar-refractivity contribution >= 4 is 17.0 Å². The maximum absolute atomic E-state index is 12.7. The molecule has 0 spiro atoms. The monoisotopic (exact) mass is 349 g/mol. The number of furan rings is 1. The first-order valence-electron chi connectivity index (χ1n) is 8.49. The molecule has 3 heterocycles. The Hall–Kier alpha value is -2.19. The van der Waals surface area contributed by atoms with Crippen LogP contribution in [0.2, 0.25) is 0 Å². The van der Waals surface area contributed by atoms with E-state index in [9.17, 15) is 9.59 Å². The molecular weight excluding hydrogens is 326 g/mol. The van der Waals surface area contributed by atoms with Gasteiger partial charge in [0.1, 0.15) is 17.5 Å². The highest BCUT2D eigenvalue weighted by molar-refractivity contribution is 6.06.